The molecule has 0 spiro atoms. The number of hydrogen-bond acceptors (Lipinski definition) is 5. The smallest absolute Gasteiger partial charge is 0.298 e. The molecule has 102 valence electrons. The molecule has 1 aromatic heterocycles. The maximum absolute atomic E-state index is 5.86. The minimum absolute atomic E-state index is 0.546. The molecule has 2 aromatic rings. The number of hydrogen-bond donors (Lipinski definition) is 0. The first-order chi connectivity index (χ1) is 9.19. The summed E-state index contributed by atoms with van der Waals surface area (Å²) < 4.78 is 5.86. The lowest BCUT2D eigenvalue weighted by atomic mass is 10.2. The van der Waals surface area contributed by atoms with Gasteiger partial charge in [0.2, 0.25) is 0 Å². The van der Waals surface area contributed by atoms with Crippen molar-refractivity contribution in [2.75, 3.05) is 38.3 Å². The van der Waals surface area contributed by atoms with Crippen LogP contribution in [0.5, 0.6) is 0 Å². The van der Waals surface area contributed by atoms with E-state index in [1.807, 2.05) is 36.0 Å². The highest BCUT2D eigenvalue weighted by Gasteiger charge is 2.35. The number of thioether (sulfide) groups is 1. The average Bonchev–Trinajstić information content (AvgIpc) is 3.02. The number of anilines is 1. The number of nitrogens with zero attached hydrogens (tertiary/aromatic N) is 3. The second-order valence-corrected chi connectivity index (χ2v) is 6.25. The molecule has 1 saturated heterocycles. The van der Waals surface area contributed by atoms with Crippen molar-refractivity contribution in [1.29, 1.82) is 0 Å². The van der Waals surface area contributed by atoms with Gasteiger partial charge in [-0.25, -0.2) is 0 Å². The maximum Gasteiger partial charge on any atom is 0.298 e. The first kappa shape index (κ1) is 12.8. The normalized spacial score (nSPS) is 23.7. The average molecular weight is 277 g/mol. The molecule has 4 nitrogen and oxygen atoms in total. The van der Waals surface area contributed by atoms with E-state index in [0.29, 0.717) is 11.3 Å². The predicted molar refractivity (Wildman–Crippen MR) is 81.0 cm³/mol. The number of aromatic nitrogens is 1. The largest absolute Gasteiger partial charge is 0.423 e. The number of fused-ring (bicyclic) bond motifs is 1. The van der Waals surface area contributed by atoms with Crippen LogP contribution in [0.15, 0.2) is 28.7 Å². The van der Waals surface area contributed by atoms with Crippen LogP contribution in [0.25, 0.3) is 11.1 Å². The fraction of sp³-hybridized carbons (Fsp3) is 0.500. The summed E-state index contributed by atoms with van der Waals surface area (Å²) in [5.41, 5.74) is 1.80. The van der Waals surface area contributed by atoms with E-state index in [4.69, 9.17) is 4.42 Å². The van der Waals surface area contributed by atoms with Crippen LogP contribution in [-0.2, 0) is 0 Å². The summed E-state index contributed by atoms with van der Waals surface area (Å²) in [6.45, 7) is 1.97. The minimum atomic E-state index is 0.546. The monoisotopic (exact) mass is 277 g/mol. The summed E-state index contributed by atoms with van der Waals surface area (Å²) in [4.78, 5) is 9.14. The Hall–Kier alpha value is -1.20. The SMILES string of the molecule is CSC1CN(c2nc3ccccc3o2)CC1N(C)C. The third-order valence-electron chi connectivity index (χ3n) is 3.76. The second kappa shape index (κ2) is 5.06. The third kappa shape index (κ3) is 2.32. The summed E-state index contributed by atoms with van der Waals surface area (Å²) in [7, 11) is 4.28. The molecular weight excluding hydrogens is 258 g/mol. The quantitative estimate of drug-likeness (QED) is 0.859. The zero-order chi connectivity index (χ0) is 13.4. The van der Waals surface area contributed by atoms with Gasteiger partial charge in [0.1, 0.15) is 5.52 Å². The molecule has 2 atom stereocenters. The fourth-order valence-electron chi connectivity index (χ4n) is 2.64. The van der Waals surface area contributed by atoms with E-state index in [1.54, 1.807) is 0 Å². The van der Waals surface area contributed by atoms with Gasteiger partial charge in [0.25, 0.3) is 6.01 Å². The summed E-state index contributed by atoms with van der Waals surface area (Å²) in [5, 5.41) is 0.602. The molecule has 0 aliphatic carbocycles. The lowest BCUT2D eigenvalue weighted by Gasteiger charge is -2.23. The van der Waals surface area contributed by atoms with Crippen molar-refractivity contribution in [2.24, 2.45) is 0 Å². The van der Waals surface area contributed by atoms with Crippen LogP contribution in [0, 0.1) is 0 Å². The highest BCUT2D eigenvalue weighted by molar-refractivity contribution is 7.99. The van der Waals surface area contributed by atoms with Crippen LogP contribution >= 0.6 is 11.8 Å². The van der Waals surface area contributed by atoms with Gasteiger partial charge in [0.05, 0.1) is 0 Å². The van der Waals surface area contributed by atoms with Gasteiger partial charge in [0, 0.05) is 24.4 Å². The van der Waals surface area contributed by atoms with Gasteiger partial charge >= 0.3 is 0 Å². The van der Waals surface area contributed by atoms with Gasteiger partial charge in [-0.15, -0.1) is 0 Å². The molecule has 2 unspecified atom stereocenters. The van der Waals surface area contributed by atoms with Crippen LogP contribution in [0.4, 0.5) is 6.01 Å². The molecule has 0 N–H and O–H groups in total. The van der Waals surface area contributed by atoms with Crippen molar-refractivity contribution in [3.8, 4) is 0 Å². The number of rotatable bonds is 3. The van der Waals surface area contributed by atoms with E-state index in [2.05, 4.69) is 35.1 Å². The lowest BCUT2D eigenvalue weighted by Crippen LogP contribution is -2.36. The molecule has 0 saturated carbocycles. The standard InChI is InChI=1S/C14H19N3OS/c1-16(2)11-8-17(9-13(11)19-3)14-15-10-6-4-5-7-12(10)18-14/h4-7,11,13H,8-9H2,1-3H3. The molecule has 5 heteroatoms. The van der Waals surface area contributed by atoms with Crippen LogP contribution in [0.3, 0.4) is 0 Å². The van der Waals surface area contributed by atoms with E-state index >= 15 is 0 Å². The molecule has 1 aromatic carbocycles. The van der Waals surface area contributed by atoms with Crippen molar-refractivity contribution in [1.82, 2.24) is 9.88 Å². The highest BCUT2D eigenvalue weighted by Crippen LogP contribution is 2.29. The molecule has 1 aliphatic heterocycles. The molecule has 0 radical (unpaired) electrons. The zero-order valence-corrected chi connectivity index (χ0v) is 12.4. The summed E-state index contributed by atoms with van der Waals surface area (Å²) in [6.07, 6.45) is 2.18. The van der Waals surface area contributed by atoms with E-state index in [-0.39, 0.29) is 0 Å². The maximum atomic E-state index is 5.86. The molecule has 1 fully saturated rings. The van der Waals surface area contributed by atoms with Crippen LogP contribution in [-0.4, -0.2) is 54.6 Å². The van der Waals surface area contributed by atoms with E-state index < -0.39 is 0 Å². The molecule has 1 aliphatic rings. The van der Waals surface area contributed by atoms with Crippen molar-refractivity contribution in [2.45, 2.75) is 11.3 Å². The zero-order valence-electron chi connectivity index (χ0n) is 11.5. The summed E-state index contributed by atoms with van der Waals surface area (Å²) in [6, 6.07) is 9.24. The predicted octanol–water partition coefficient (Wildman–Crippen LogP) is 2.31. The molecule has 19 heavy (non-hydrogen) atoms. The molecule has 2 heterocycles. The van der Waals surface area contributed by atoms with Gasteiger partial charge in [-0.3, -0.25) is 0 Å². The van der Waals surface area contributed by atoms with E-state index in [0.717, 1.165) is 30.2 Å². The summed E-state index contributed by atoms with van der Waals surface area (Å²) >= 11 is 1.92. The van der Waals surface area contributed by atoms with E-state index in [9.17, 15) is 0 Å². The highest BCUT2D eigenvalue weighted by atomic mass is 32.2. The Bertz CT molecular complexity index is 536. The Morgan fingerprint density at radius 2 is 2.11 bits per heavy atom. The molecule has 0 amide bonds. The second-order valence-electron chi connectivity index (χ2n) is 5.17. The van der Waals surface area contributed by atoms with Crippen LogP contribution in [0.1, 0.15) is 0 Å². The van der Waals surface area contributed by atoms with Crippen molar-refractivity contribution in [3.05, 3.63) is 24.3 Å². The van der Waals surface area contributed by atoms with Crippen molar-refractivity contribution in [3.63, 3.8) is 0 Å². The Balaban J connectivity index is 1.86. The number of oxazole rings is 1. The molecule has 0 bridgehead atoms. The Kier molecular flexibility index (Phi) is 3.41. The molecule has 3 rings (SSSR count). The Morgan fingerprint density at radius 1 is 1.32 bits per heavy atom. The minimum Gasteiger partial charge on any atom is -0.423 e. The van der Waals surface area contributed by atoms with Gasteiger partial charge in [0.15, 0.2) is 5.58 Å². The Labute approximate surface area is 117 Å². The topological polar surface area (TPSA) is 32.5 Å². The first-order valence-electron chi connectivity index (χ1n) is 6.49. The fourth-order valence-corrected chi connectivity index (χ4v) is 3.61. The van der Waals surface area contributed by atoms with Crippen molar-refractivity contribution < 1.29 is 4.42 Å². The molecular formula is C14H19N3OS. The van der Waals surface area contributed by atoms with Crippen LogP contribution in [0.2, 0.25) is 0 Å². The number of para-hydroxylation sites is 2. The van der Waals surface area contributed by atoms with Gasteiger partial charge in [-0.2, -0.15) is 16.7 Å². The summed E-state index contributed by atoms with van der Waals surface area (Å²) in [5.74, 6) is 0. The number of benzene rings is 1. The first-order valence-corrected chi connectivity index (χ1v) is 7.77. The third-order valence-corrected chi connectivity index (χ3v) is 4.82. The van der Waals surface area contributed by atoms with Gasteiger partial charge in [-0.1, -0.05) is 12.1 Å². The van der Waals surface area contributed by atoms with E-state index in [1.165, 1.54) is 0 Å². The Morgan fingerprint density at radius 3 is 2.74 bits per heavy atom. The number of likely N-dealkylation sites (N-methyl/N-ethyl adjacent to an activating group) is 1. The van der Waals surface area contributed by atoms with Gasteiger partial charge in [-0.05, 0) is 32.5 Å². The van der Waals surface area contributed by atoms with Gasteiger partial charge < -0.3 is 14.2 Å². The van der Waals surface area contributed by atoms with Crippen LogP contribution < -0.4 is 4.90 Å². The lowest BCUT2D eigenvalue weighted by molar-refractivity contribution is 0.320. The van der Waals surface area contributed by atoms with Crippen molar-refractivity contribution >= 4 is 28.9 Å².